The molecule has 4 heteroatoms. The predicted octanol–water partition coefficient (Wildman–Crippen LogP) is 4.46. The number of hydrogen-bond acceptors (Lipinski definition) is 2. The Bertz CT molecular complexity index is 374. The lowest BCUT2D eigenvalue weighted by molar-refractivity contribution is 0.306. The number of benzene rings is 1. The fourth-order valence-electron chi connectivity index (χ4n) is 1.26. The van der Waals surface area contributed by atoms with E-state index >= 15 is 0 Å². The summed E-state index contributed by atoms with van der Waals surface area (Å²) in [4.78, 5) is 0. The summed E-state index contributed by atoms with van der Waals surface area (Å²) in [6.07, 6.45) is 3.44. The van der Waals surface area contributed by atoms with Gasteiger partial charge in [-0.3, -0.25) is 0 Å². The Labute approximate surface area is 106 Å². The normalized spacial score (nSPS) is 9.81. The second-order valence-electron chi connectivity index (χ2n) is 3.37. The highest BCUT2D eigenvalue weighted by Crippen LogP contribution is 2.31. The Morgan fingerprint density at radius 3 is 2.75 bits per heavy atom. The first kappa shape index (κ1) is 13.2. The zero-order valence-electron chi connectivity index (χ0n) is 8.88. The van der Waals surface area contributed by atoms with Crippen molar-refractivity contribution in [3.8, 4) is 11.8 Å². The molecule has 0 aliphatic rings. The van der Waals surface area contributed by atoms with Gasteiger partial charge in [0.25, 0.3) is 0 Å². The van der Waals surface area contributed by atoms with Crippen molar-refractivity contribution in [1.82, 2.24) is 0 Å². The summed E-state index contributed by atoms with van der Waals surface area (Å²) in [6.45, 7) is 0.603. The minimum Gasteiger partial charge on any atom is -0.492 e. The molecule has 0 saturated heterocycles. The Morgan fingerprint density at radius 2 is 2.00 bits per heavy atom. The van der Waals surface area contributed by atoms with E-state index < -0.39 is 0 Å². The van der Waals surface area contributed by atoms with E-state index in [0.717, 1.165) is 19.3 Å². The summed E-state index contributed by atoms with van der Waals surface area (Å²) in [7, 11) is 0. The average Bonchev–Trinajstić information content (AvgIpc) is 2.29. The Hall–Kier alpha value is -0.910. The number of ether oxygens (including phenoxy) is 1. The second kappa shape index (κ2) is 7.38. The Kier molecular flexibility index (Phi) is 6.07. The van der Waals surface area contributed by atoms with Gasteiger partial charge >= 0.3 is 0 Å². The first-order valence-electron chi connectivity index (χ1n) is 5.19. The van der Waals surface area contributed by atoms with E-state index in [1.54, 1.807) is 18.2 Å². The van der Waals surface area contributed by atoms with Crippen molar-refractivity contribution in [2.24, 2.45) is 0 Å². The van der Waals surface area contributed by atoms with Crippen molar-refractivity contribution in [1.29, 1.82) is 5.26 Å². The lowest BCUT2D eigenvalue weighted by Crippen LogP contribution is -1.97. The summed E-state index contributed by atoms with van der Waals surface area (Å²) in [6, 6.07) is 7.44. The van der Waals surface area contributed by atoms with Crippen LogP contribution in [0.3, 0.4) is 0 Å². The number of unbranched alkanes of at least 4 members (excludes halogenated alkanes) is 3. The van der Waals surface area contributed by atoms with Crippen molar-refractivity contribution in [3.63, 3.8) is 0 Å². The van der Waals surface area contributed by atoms with E-state index in [4.69, 9.17) is 33.2 Å². The van der Waals surface area contributed by atoms with Gasteiger partial charge < -0.3 is 4.74 Å². The van der Waals surface area contributed by atoms with Crippen LogP contribution in [0.5, 0.6) is 5.75 Å². The van der Waals surface area contributed by atoms with Gasteiger partial charge in [0.1, 0.15) is 10.8 Å². The summed E-state index contributed by atoms with van der Waals surface area (Å²) in [5.41, 5.74) is 0. The number of nitriles is 1. The van der Waals surface area contributed by atoms with Crippen LogP contribution in [-0.4, -0.2) is 6.61 Å². The largest absolute Gasteiger partial charge is 0.492 e. The predicted molar refractivity (Wildman–Crippen MR) is 66.0 cm³/mol. The van der Waals surface area contributed by atoms with E-state index in [-0.39, 0.29) is 0 Å². The molecule has 1 aromatic carbocycles. The monoisotopic (exact) mass is 257 g/mol. The van der Waals surface area contributed by atoms with Crippen LogP contribution in [0.2, 0.25) is 10.0 Å². The summed E-state index contributed by atoms with van der Waals surface area (Å²) >= 11 is 11.8. The van der Waals surface area contributed by atoms with E-state index in [1.807, 2.05) is 0 Å². The molecular formula is C12H13Cl2NO. The highest BCUT2D eigenvalue weighted by Gasteiger charge is 2.04. The minimum atomic E-state index is 0.459. The molecule has 0 saturated carbocycles. The Balaban J connectivity index is 2.27. The molecule has 16 heavy (non-hydrogen) atoms. The number of halogens is 2. The van der Waals surface area contributed by atoms with Crippen LogP contribution in [-0.2, 0) is 0 Å². The quantitative estimate of drug-likeness (QED) is 0.706. The molecule has 0 aromatic heterocycles. The van der Waals surface area contributed by atoms with E-state index in [9.17, 15) is 0 Å². The molecule has 0 fully saturated rings. The van der Waals surface area contributed by atoms with E-state index in [2.05, 4.69) is 6.07 Å². The van der Waals surface area contributed by atoms with Crippen molar-refractivity contribution in [2.45, 2.75) is 25.7 Å². The van der Waals surface area contributed by atoms with Gasteiger partial charge in [-0.2, -0.15) is 5.26 Å². The van der Waals surface area contributed by atoms with Gasteiger partial charge in [0, 0.05) is 6.42 Å². The molecule has 0 bridgehead atoms. The van der Waals surface area contributed by atoms with Crippen LogP contribution in [0.25, 0.3) is 0 Å². The van der Waals surface area contributed by atoms with E-state index in [0.29, 0.717) is 28.8 Å². The summed E-state index contributed by atoms with van der Waals surface area (Å²) in [5, 5.41) is 9.32. The zero-order valence-corrected chi connectivity index (χ0v) is 10.4. The average molecular weight is 258 g/mol. The van der Waals surface area contributed by atoms with E-state index in [1.165, 1.54) is 0 Å². The molecule has 0 aliphatic carbocycles. The highest BCUT2D eigenvalue weighted by molar-refractivity contribution is 6.42. The van der Waals surface area contributed by atoms with Gasteiger partial charge in [-0.25, -0.2) is 0 Å². The van der Waals surface area contributed by atoms with Gasteiger partial charge in [-0.15, -0.1) is 0 Å². The first-order chi connectivity index (χ1) is 7.75. The fraction of sp³-hybridized carbons (Fsp3) is 0.417. The summed E-state index contributed by atoms with van der Waals surface area (Å²) in [5.74, 6) is 0.620. The first-order valence-corrected chi connectivity index (χ1v) is 5.95. The third-order valence-corrected chi connectivity index (χ3v) is 2.91. The molecular weight excluding hydrogens is 245 g/mol. The minimum absolute atomic E-state index is 0.459. The number of hydrogen-bond donors (Lipinski definition) is 0. The molecule has 86 valence electrons. The maximum Gasteiger partial charge on any atom is 0.139 e. The van der Waals surface area contributed by atoms with Gasteiger partial charge in [0.2, 0.25) is 0 Å². The molecule has 0 amide bonds. The molecule has 0 heterocycles. The molecule has 2 nitrogen and oxygen atoms in total. The number of nitrogens with zero attached hydrogens (tertiary/aromatic N) is 1. The standard InChI is InChI=1S/C12H13Cl2NO/c13-10-6-5-7-11(12(10)14)16-9-4-2-1-3-8-15/h5-7H,1-4,9H2. The van der Waals surface area contributed by atoms with Crippen molar-refractivity contribution in [3.05, 3.63) is 28.2 Å². The lowest BCUT2D eigenvalue weighted by atomic mass is 10.2. The maximum absolute atomic E-state index is 8.35. The van der Waals surface area contributed by atoms with Gasteiger partial charge in [0.15, 0.2) is 0 Å². The van der Waals surface area contributed by atoms with Gasteiger partial charge in [-0.1, -0.05) is 29.3 Å². The van der Waals surface area contributed by atoms with Gasteiger partial charge in [-0.05, 0) is 31.4 Å². The van der Waals surface area contributed by atoms with Crippen LogP contribution in [0, 0.1) is 11.3 Å². The van der Waals surface area contributed by atoms with Gasteiger partial charge in [0.05, 0.1) is 17.7 Å². The zero-order chi connectivity index (χ0) is 11.8. The lowest BCUT2D eigenvalue weighted by Gasteiger charge is -2.08. The summed E-state index contributed by atoms with van der Waals surface area (Å²) < 4.78 is 5.50. The molecule has 0 radical (unpaired) electrons. The molecule has 1 aromatic rings. The third-order valence-electron chi connectivity index (χ3n) is 2.11. The SMILES string of the molecule is N#CCCCCCOc1cccc(Cl)c1Cl. The molecule has 0 aliphatic heterocycles. The van der Waals surface area contributed by atoms with Crippen LogP contribution >= 0.6 is 23.2 Å². The maximum atomic E-state index is 8.35. The highest BCUT2D eigenvalue weighted by atomic mass is 35.5. The van der Waals surface area contributed by atoms with Crippen LogP contribution in [0.4, 0.5) is 0 Å². The van der Waals surface area contributed by atoms with Crippen LogP contribution < -0.4 is 4.74 Å². The third kappa shape index (κ3) is 4.30. The topological polar surface area (TPSA) is 33.0 Å². The Morgan fingerprint density at radius 1 is 1.19 bits per heavy atom. The molecule has 0 atom stereocenters. The fourth-order valence-corrected chi connectivity index (χ4v) is 1.61. The van der Waals surface area contributed by atoms with Crippen LogP contribution in [0.15, 0.2) is 18.2 Å². The van der Waals surface area contributed by atoms with Crippen molar-refractivity contribution >= 4 is 23.2 Å². The molecule has 1 rings (SSSR count). The molecule has 0 unspecified atom stereocenters. The molecule has 0 N–H and O–H groups in total. The van der Waals surface area contributed by atoms with Crippen molar-refractivity contribution in [2.75, 3.05) is 6.61 Å². The van der Waals surface area contributed by atoms with Crippen LogP contribution in [0.1, 0.15) is 25.7 Å². The van der Waals surface area contributed by atoms with Crippen molar-refractivity contribution < 1.29 is 4.74 Å². The number of rotatable bonds is 6. The smallest absolute Gasteiger partial charge is 0.139 e. The second-order valence-corrected chi connectivity index (χ2v) is 4.15. The molecule has 0 spiro atoms.